The van der Waals surface area contributed by atoms with Gasteiger partial charge in [-0.15, -0.1) is 26.3 Å². The molecule has 129 heavy (non-hydrogen) atoms. The maximum atomic E-state index is 14.1. The lowest BCUT2D eigenvalue weighted by atomic mass is 9.80. The van der Waals surface area contributed by atoms with Crippen LogP contribution in [0, 0.1) is 58.2 Å². The Bertz CT molecular complexity index is 5420. The van der Waals surface area contributed by atoms with E-state index < -0.39 is 76.6 Å². The second-order valence-corrected chi connectivity index (χ2v) is 33.4. The number of hydrogen-bond acceptors (Lipinski definition) is 10. The lowest BCUT2D eigenvalue weighted by Crippen LogP contribution is -2.48. The molecule has 670 valence electrons. The first-order valence-corrected chi connectivity index (χ1v) is 43.1. The zero-order valence-corrected chi connectivity index (χ0v) is 74.3. The number of hydrogen-bond donors (Lipinski definition) is 2. The van der Waals surface area contributed by atoms with Crippen molar-refractivity contribution in [2.75, 3.05) is 26.2 Å². The molecule has 0 aliphatic carbocycles. The Labute approximate surface area is 760 Å². The van der Waals surface area contributed by atoms with Gasteiger partial charge in [0.1, 0.15) is 80.6 Å². The van der Waals surface area contributed by atoms with Gasteiger partial charge in [-0.25, -0.2) is 63.1 Å². The number of benzene rings is 11. The fourth-order valence-electron chi connectivity index (χ4n) is 16.1. The number of cyclic esters (lactones) is 4. The van der Waals surface area contributed by atoms with E-state index in [2.05, 4.69) is 58.2 Å². The minimum atomic E-state index is -1.89. The summed E-state index contributed by atoms with van der Waals surface area (Å²) < 4.78 is 158. The third kappa shape index (κ3) is 23.8. The minimum absolute atomic E-state index is 0.0921. The normalized spacial score (nSPS) is 19.2. The van der Waals surface area contributed by atoms with E-state index >= 15 is 0 Å². The first-order chi connectivity index (χ1) is 61.7. The zero-order chi connectivity index (χ0) is 93.1. The highest BCUT2D eigenvalue weighted by Crippen LogP contribution is 2.46. The molecular weight excluding hydrogens is 1800 g/mol. The number of halogens is 12. The van der Waals surface area contributed by atoms with Gasteiger partial charge in [-0.3, -0.25) is 0 Å². The molecule has 11 aromatic carbocycles. The lowest BCUT2D eigenvalue weighted by molar-refractivity contribution is -0.0595. The average molecular weight is 1900 g/mol. The highest BCUT2D eigenvalue weighted by atomic mass is 79.9. The summed E-state index contributed by atoms with van der Waals surface area (Å²) in [7, 11) is -1.89. The van der Waals surface area contributed by atoms with Crippen LogP contribution in [0.4, 0.5) is 63.1 Å². The van der Waals surface area contributed by atoms with Crippen LogP contribution in [0.5, 0.6) is 0 Å². The van der Waals surface area contributed by atoms with Crippen LogP contribution >= 0.6 is 31.9 Å². The number of amides is 4. The first-order valence-electron chi connectivity index (χ1n) is 41.6. The van der Waals surface area contributed by atoms with Crippen LogP contribution in [0.2, 0.25) is 0 Å². The van der Waals surface area contributed by atoms with Crippen molar-refractivity contribution >= 4 is 68.8 Å². The van der Waals surface area contributed by atoms with Gasteiger partial charge in [-0.05, 0) is 186 Å². The van der Waals surface area contributed by atoms with E-state index in [-0.39, 0.29) is 65.1 Å². The molecule has 4 aliphatic heterocycles. The third-order valence-electron chi connectivity index (χ3n) is 23.6. The fraction of sp³-hybridized carbons (Fsp3) is 0.235. The van der Waals surface area contributed by atoms with E-state index in [0.717, 1.165) is 77.7 Å². The molecule has 0 aromatic heterocycles. The number of ether oxygens (including phenoxy) is 4. The van der Waals surface area contributed by atoms with E-state index in [1.807, 2.05) is 100 Å². The Morgan fingerprint density at radius 1 is 0.326 bits per heavy atom. The molecule has 4 fully saturated rings. The molecule has 2 N–H and O–H groups in total. The Hall–Kier alpha value is -12.3. The van der Waals surface area contributed by atoms with E-state index in [1.54, 1.807) is 117 Å². The molecule has 11 aromatic rings. The summed E-state index contributed by atoms with van der Waals surface area (Å²) in [5, 5.41) is 17.0. The van der Waals surface area contributed by atoms with Gasteiger partial charge in [0.05, 0.1) is 24.2 Å². The van der Waals surface area contributed by atoms with Crippen LogP contribution in [0.1, 0.15) is 148 Å². The van der Waals surface area contributed by atoms with Crippen LogP contribution in [0.15, 0.2) is 308 Å². The minimum Gasteiger partial charge on any atom is -0.437 e. The molecular formula is C102H95BBr2F10N4O10. The van der Waals surface area contributed by atoms with Crippen molar-refractivity contribution in [2.45, 2.75) is 126 Å². The number of carbonyl (C=O) groups excluding carboxylic acids is 4. The quantitative estimate of drug-likeness (QED) is 0.0273. The number of nitrogens with zero attached hydrogens (tertiary/aromatic N) is 4. The monoisotopic (exact) mass is 1890 g/mol. The van der Waals surface area contributed by atoms with Gasteiger partial charge in [0, 0.05) is 121 Å². The molecule has 14 nitrogen and oxygen atoms in total. The summed E-state index contributed by atoms with van der Waals surface area (Å²) in [5.74, 6) is -5.54. The summed E-state index contributed by atoms with van der Waals surface area (Å²) in [5.41, 5.74) is 5.03. The Morgan fingerprint density at radius 2 is 0.543 bits per heavy atom. The molecule has 4 heterocycles. The molecule has 8 atom stereocenters. The average Bonchev–Trinajstić information content (AvgIpc) is 0.784. The summed E-state index contributed by atoms with van der Waals surface area (Å²) in [6, 6.07) is 63.1. The molecule has 0 spiro atoms. The van der Waals surface area contributed by atoms with Crippen LogP contribution < -0.4 is 5.46 Å². The summed E-state index contributed by atoms with van der Waals surface area (Å²) in [6.45, 7) is 24.9. The van der Waals surface area contributed by atoms with Crippen LogP contribution in [0.25, 0.3) is 22.3 Å². The second-order valence-electron chi connectivity index (χ2n) is 31.6. The van der Waals surface area contributed by atoms with Gasteiger partial charge in [0.2, 0.25) is 0 Å². The highest BCUT2D eigenvalue weighted by molar-refractivity contribution is 9.10. The SMILES string of the molecule is C=CC[C@@]1(c2ccc(F)cc2)CCN([C@@H](C)c2ccc(-c3ccc(F)cc3F)cc2)C(=O)O1.C=CC[C@@]1(c2ccc(F)cc2)CCN([C@@H](C)c2ccc(Br)cc2)C(=O)O1.C=CC[C@]1(c2ccc(F)cc2)CCN([C@@H](C)c2ccc(-c3ccc(F)cc3F)cc2)C(=O)O1.C=CC[C@]1(c2ccc(F)cc2)CCN([C@@H](C)c2ccc(Br)cc2)C(=O)O1.OB(O)c1ccc(F)cc1F. The van der Waals surface area contributed by atoms with Crippen molar-refractivity contribution in [3.05, 3.63) is 411 Å². The first kappa shape index (κ1) is 97.3. The second kappa shape index (κ2) is 43.7. The van der Waals surface area contributed by atoms with E-state index in [0.29, 0.717) is 106 Å². The molecule has 4 amide bonds. The van der Waals surface area contributed by atoms with Gasteiger partial charge >= 0.3 is 31.5 Å². The van der Waals surface area contributed by atoms with E-state index in [4.69, 9.17) is 29.0 Å². The van der Waals surface area contributed by atoms with Gasteiger partial charge in [0.25, 0.3) is 0 Å². The maximum absolute atomic E-state index is 14.1. The van der Waals surface area contributed by atoms with Crippen molar-refractivity contribution in [3.8, 4) is 22.3 Å². The van der Waals surface area contributed by atoms with Crippen molar-refractivity contribution in [1.29, 1.82) is 0 Å². The molecule has 4 aliphatic rings. The van der Waals surface area contributed by atoms with Gasteiger partial charge < -0.3 is 48.6 Å². The Balaban J connectivity index is 0.000000161. The fourth-order valence-corrected chi connectivity index (χ4v) is 16.7. The summed E-state index contributed by atoms with van der Waals surface area (Å²) in [4.78, 5) is 58.4. The van der Waals surface area contributed by atoms with Crippen LogP contribution in [0.3, 0.4) is 0 Å². The van der Waals surface area contributed by atoms with Crippen molar-refractivity contribution < 1.29 is 92.1 Å². The van der Waals surface area contributed by atoms with E-state index in [9.17, 15) is 63.1 Å². The Morgan fingerprint density at radius 3 is 0.752 bits per heavy atom. The summed E-state index contributed by atoms with van der Waals surface area (Å²) >= 11 is 6.85. The van der Waals surface area contributed by atoms with E-state index in [1.165, 1.54) is 72.8 Å². The molecule has 4 saturated heterocycles. The highest BCUT2D eigenvalue weighted by Gasteiger charge is 2.47. The molecule has 0 bridgehead atoms. The van der Waals surface area contributed by atoms with Crippen LogP contribution in [-0.2, 0) is 41.4 Å². The number of carbonyl (C=O) groups is 4. The predicted octanol–water partition coefficient (Wildman–Crippen LogP) is 25.9. The van der Waals surface area contributed by atoms with Crippen molar-refractivity contribution in [2.24, 2.45) is 0 Å². The zero-order valence-electron chi connectivity index (χ0n) is 71.2. The van der Waals surface area contributed by atoms with Crippen molar-refractivity contribution in [3.63, 3.8) is 0 Å². The molecule has 0 saturated carbocycles. The Kier molecular flexibility index (Phi) is 32.9. The molecule has 0 unspecified atom stereocenters. The summed E-state index contributed by atoms with van der Waals surface area (Å²) in [6.07, 6.45) is 9.34. The van der Waals surface area contributed by atoms with Crippen molar-refractivity contribution in [1.82, 2.24) is 19.6 Å². The van der Waals surface area contributed by atoms with Gasteiger partial charge in [-0.1, -0.05) is 184 Å². The molecule has 15 rings (SSSR count). The van der Waals surface area contributed by atoms with Gasteiger partial charge in [-0.2, -0.15) is 0 Å². The lowest BCUT2D eigenvalue weighted by Gasteiger charge is -2.43. The third-order valence-corrected chi connectivity index (χ3v) is 24.6. The smallest absolute Gasteiger partial charge is 0.437 e. The maximum Gasteiger partial charge on any atom is 0.491 e. The predicted molar refractivity (Wildman–Crippen MR) is 484 cm³/mol. The topological polar surface area (TPSA) is 159 Å². The number of rotatable bonds is 23. The van der Waals surface area contributed by atoms with Gasteiger partial charge in [0.15, 0.2) is 0 Å². The molecule has 0 radical (unpaired) electrons. The molecule has 27 heteroatoms. The van der Waals surface area contributed by atoms with Crippen LogP contribution in [-0.4, -0.2) is 87.3 Å². The standard InChI is InChI=1S/2C27H24F3NO2.2C21H21BrFNO2.C6H5BF2O2/c2*1-3-14-27(21-8-10-22(28)11-9-21)15-16-31(26(32)33-27)18(2)19-4-6-20(7-5-19)24-13-12-23(29)17-25(24)30;2*1-3-12-21(17-6-10-19(23)11-7-17)13-14-24(20(25)26-21)15(2)16-4-8-18(22)9-5-16;8-4-1-2-5(7(10)11)6(9)3-4/h2*3-13,17-18H,1,14-16H2,2H3;2*3-11,15H,1,12-14H2,2H3;1-3,10-11H/t18-,27+;18-,27-;15-,21+;15-,21-;/m0000./s1. The largest absolute Gasteiger partial charge is 0.491 e.